The number of hydrogen-bond donors (Lipinski definition) is 2. The molecule has 0 aliphatic heterocycles. The number of benzene rings is 1. The van der Waals surface area contributed by atoms with Crippen LogP contribution in [0.1, 0.15) is 18.9 Å². The van der Waals surface area contributed by atoms with Gasteiger partial charge in [0.1, 0.15) is 5.82 Å². The van der Waals surface area contributed by atoms with Crippen LogP contribution < -0.4 is 0 Å². The lowest BCUT2D eigenvalue weighted by Crippen LogP contribution is -2.36. The van der Waals surface area contributed by atoms with E-state index in [-0.39, 0.29) is 19.0 Å². The summed E-state index contributed by atoms with van der Waals surface area (Å²) in [4.78, 5) is 0. The van der Waals surface area contributed by atoms with Gasteiger partial charge in [0.15, 0.2) is 0 Å². The lowest BCUT2D eigenvalue weighted by Gasteiger charge is -2.30. The fourth-order valence-electron chi connectivity index (χ4n) is 1.82. The smallest absolute Gasteiger partial charge is 0.127 e. The Morgan fingerprint density at radius 1 is 1.24 bits per heavy atom. The van der Waals surface area contributed by atoms with Gasteiger partial charge in [-0.3, -0.25) is 0 Å². The molecule has 0 saturated carbocycles. The van der Waals surface area contributed by atoms with Crippen molar-refractivity contribution in [2.45, 2.75) is 18.8 Å². The number of hydrogen-bond acceptors (Lipinski definition) is 3. The average Bonchev–Trinajstić information content (AvgIpc) is 2.36. The molecule has 0 radical (unpaired) electrons. The van der Waals surface area contributed by atoms with Crippen LogP contribution in [0, 0.1) is 5.82 Å². The quantitative estimate of drug-likeness (QED) is 0.737. The highest BCUT2D eigenvalue weighted by molar-refractivity contribution is 7.99. The van der Waals surface area contributed by atoms with Gasteiger partial charge < -0.3 is 10.2 Å². The van der Waals surface area contributed by atoms with Crippen molar-refractivity contribution in [3.63, 3.8) is 0 Å². The predicted molar refractivity (Wildman–Crippen MR) is 69.9 cm³/mol. The fourth-order valence-corrected chi connectivity index (χ4v) is 2.64. The van der Waals surface area contributed by atoms with Gasteiger partial charge in [-0.2, -0.15) is 11.8 Å². The van der Waals surface area contributed by atoms with Crippen LogP contribution in [-0.4, -0.2) is 34.9 Å². The molecule has 0 aromatic heterocycles. The Kier molecular flexibility index (Phi) is 5.95. The summed E-state index contributed by atoms with van der Waals surface area (Å²) in [5.41, 5.74) is -0.463. The van der Waals surface area contributed by atoms with Crippen LogP contribution >= 0.6 is 11.8 Å². The molecule has 0 spiro atoms. The van der Waals surface area contributed by atoms with Crippen molar-refractivity contribution in [1.82, 2.24) is 0 Å². The molecule has 1 aromatic rings. The Morgan fingerprint density at radius 2 is 1.88 bits per heavy atom. The first-order valence-corrected chi connectivity index (χ1v) is 6.90. The van der Waals surface area contributed by atoms with E-state index >= 15 is 0 Å². The summed E-state index contributed by atoms with van der Waals surface area (Å²) in [7, 11) is 0. The largest absolute Gasteiger partial charge is 0.395 e. The van der Waals surface area contributed by atoms with Gasteiger partial charge in [0.25, 0.3) is 0 Å². The van der Waals surface area contributed by atoms with E-state index in [9.17, 15) is 14.6 Å². The maximum atomic E-state index is 13.7. The van der Waals surface area contributed by atoms with Gasteiger partial charge in [-0.15, -0.1) is 0 Å². The van der Waals surface area contributed by atoms with Crippen molar-refractivity contribution in [2.75, 3.05) is 24.7 Å². The summed E-state index contributed by atoms with van der Waals surface area (Å²) >= 11 is 1.72. The molecule has 0 bridgehead atoms. The molecule has 0 heterocycles. The van der Waals surface area contributed by atoms with Crippen molar-refractivity contribution in [2.24, 2.45) is 0 Å². The van der Waals surface area contributed by atoms with Crippen molar-refractivity contribution in [3.05, 3.63) is 35.6 Å². The van der Waals surface area contributed by atoms with Crippen molar-refractivity contribution in [1.29, 1.82) is 0 Å². The van der Waals surface area contributed by atoms with Crippen molar-refractivity contribution in [3.8, 4) is 0 Å². The summed E-state index contributed by atoms with van der Waals surface area (Å²) in [5, 5.41) is 19.0. The van der Waals surface area contributed by atoms with Gasteiger partial charge in [0.05, 0.1) is 13.2 Å². The molecule has 2 N–H and O–H groups in total. The number of aliphatic hydroxyl groups is 2. The SMILES string of the molecule is CCSCCC(CO)(CO)c1ccccc1F. The highest BCUT2D eigenvalue weighted by Crippen LogP contribution is 2.30. The summed E-state index contributed by atoms with van der Waals surface area (Å²) in [5.74, 6) is 1.41. The monoisotopic (exact) mass is 258 g/mol. The van der Waals surface area contributed by atoms with Crippen LogP contribution in [-0.2, 0) is 5.41 Å². The zero-order chi connectivity index (χ0) is 12.7. The minimum Gasteiger partial charge on any atom is -0.395 e. The second kappa shape index (κ2) is 6.99. The molecular formula is C13H19FO2S. The van der Waals surface area contributed by atoms with Crippen LogP contribution in [0.25, 0.3) is 0 Å². The van der Waals surface area contributed by atoms with Crippen molar-refractivity contribution >= 4 is 11.8 Å². The third kappa shape index (κ3) is 3.44. The summed E-state index contributed by atoms with van der Waals surface area (Å²) in [6.07, 6.45) is 0.569. The first-order valence-electron chi connectivity index (χ1n) is 5.74. The molecular weight excluding hydrogens is 239 g/mol. The molecule has 1 rings (SSSR count). The molecule has 0 fully saturated rings. The minimum atomic E-state index is -0.868. The Morgan fingerprint density at radius 3 is 2.41 bits per heavy atom. The van der Waals surface area contributed by atoms with E-state index in [4.69, 9.17) is 0 Å². The number of aliphatic hydroxyl groups excluding tert-OH is 2. The molecule has 17 heavy (non-hydrogen) atoms. The minimum absolute atomic E-state index is 0.241. The molecule has 96 valence electrons. The highest BCUT2D eigenvalue weighted by Gasteiger charge is 2.32. The molecule has 0 amide bonds. The maximum absolute atomic E-state index is 13.7. The van der Waals surface area contributed by atoms with E-state index in [1.807, 2.05) is 6.92 Å². The van der Waals surface area contributed by atoms with E-state index in [0.29, 0.717) is 12.0 Å². The summed E-state index contributed by atoms with van der Waals surface area (Å²) in [6, 6.07) is 6.34. The van der Waals surface area contributed by atoms with Gasteiger partial charge in [-0.1, -0.05) is 25.1 Å². The van der Waals surface area contributed by atoms with Crippen LogP contribution in [0.2, 0.25) is 0 Å². The van der Waals surface area contributed by atoms with Gasteiger partial charge in [0.2, 0.25) is 0 Å². The van der Waals surface area contributed by atoms with Gasteiger partial charge in [-0.25, -0.2) is 4.39 Å². The normalized spacial score (nSPS) is 11.8. The Balaban J connectivity index is 2.94. The first kappa shape index (κ1) is 14.5. The Bertz CT molecular complexity index is 340. The van der Waals surface area contributed by atoms with Gasteiger partial charge in [0, 0.05) is 5.41 Å². The molecule has 0 aliphatic rings. The number of halogens is 1. The van der Waals surface area contributed by atoms with E-state index < -0.39 is 5.41 Å². The Labute approximate surface area is 106 Å². The molecule has 0 saturated heterocycles. The number of thioether (sulfide) groups is 1. The van der Waals surface area contributed by atoms with Gasteiger partial charge in [-0.05, 0) is 29.6 Å². The average molecular weight is 258 g/mol. The first-order chi connectivity index (χ1) is 8.20. The van der Waals surface area contributed by atoms with E-state index in [2.05, 4.69) is 0 Å². The Hall–Kier alpha value is -0.580. The summed E-state index contributed by atoms with van der Waals surface area (Å²) < 4.78 is 13.7. The fraction of sp³-hybridized carbons (Fsp3) is 0.538. The maximum Gasteiger partial charge on any atom is 0.127 e. The molecule has 0 atom stereocenters. The standard InChI is InChI=1S/C13H19FO2S/c1-2-17-8-7-13(9-15,10-16)11-5-3-4-6-12(11)14/h3-6,15-16H,2,7-10H2,1H3. The zero-order valence-electron chi connectivity index (χ0n) is 10.0. The molecule has 2 nitrogen and oxygen atoms in total. The third-order valence-corrected chi connectivity index (χ3v) is 3.88. The van der Waals surface area contributed by atoms with Crippen LogP contribution in [0.3, 0.4) is 0 Å². The lowest BCUT2D eigenvalue weighted by atomic mass is 9.79. The van der Waals surface area contributed by atoms with Crippen molar-refractivity contribution < 1.29 is 14.6 Å². The zero-order valence-corrected chi connectivity index (χ0v) is 10.8. The predicted octanol–water partition coefficient (Wildman–Crippen LogP) is 2.19. The van der Waals surface area contributed by atoms with Crippen LogP contribution in [0.4, 0.5) is 4.39 Å². The van der Waals surface area contributed by atoms with Gasteiger partial charge >= 0.3 is 0 Å². The highest BCUT2D eigenvalue weighted by atomic mass is 32.2. The van der Waals surface area contributed by atoms with Crippen LogP contribution in [0.15, 0.2) is 24.3 Å². The molecule has 4 heteroatoms. The van der Waals surface area contributed by atoms with E-state index in [0.717, 1.165) is 11.5 Å². The van der Waals surface area contributed by atoms with E-state index in [1.54, 1.807) is 30.0 Å². The summed E-state index contributed by atoms with van der Waals surface area (Å²) in [6.45, 7) is 1.57. The third-order valence-electron chi connectivity index (χ3n) is 2.98. The topological polar surface area (TPSA) is 40.5 Å². The molecule has 0 unspecified atom stereocenters. The molecule has 0 aliphatic carbocycles. The number of rotatable bonds is 7. The van der Waals surface area contributed by atoms with E-state index in [1.165, 1.54) is 6.07 Å². The second-order valence-corrected chi connectivity index (χ2v) is 5.42. The molecule has 1 aromatic carbocycles. The van der Waals surface area contributed by atoms with Crippen LogP contribution in [0.5, 0.6) is 0 Å². The lowest BCUT2D eigenvalue weighted by molar-refractivity contribution is 0.111. The second-order valence-electron chi connectivity index (χ2n) is 4.02.